The highest BCUT2D eigenvalue weighted by Crippen LogP contribution is 2.37. The number of aromatic nitrogens is 2. The van der Waals surface area contributed by atoms with Gasteiger partial charge in [-0.2, -0.15) is 5.10 Å². The van der Waals surface area contributed by atoms with Crippen molar-refractivity contribution in [3.63, 3.8) is 0 Å². The average Bonchev–Trinajstić information content (AvgIpc) is 3.49. The van der Waals surface area contributed by atoms with Gasteiger partial charge in [-0.3, -0.25) is 14.9 Å². The van der Waals surface area contributed by atoms with Crippen LogP contribution in [0.1, 0.15) is 73.1 Å². The number of hydrogen-bond donors (Lipinski definition) is 3. The van der Waals surface area contributed by atoms with Gasteiger partial charge in [-0.1, -0.05) is 25.0 Å². The number of aryl methyl sites for hydroxylation is 1. The molecule has 7 heteroatoms. The molecule has 32 heavy (non-hydrogen) atoms. The maximum absolute atomic E-state index is 13.6. The van der Waals surface area contributed by atoms with Crippen LogP contribution in [0, 0.1) is 0 Å². The van der Waals surface area contributed by atoms with Crippen molar-refractivity contribution in [2.24, 2.45) is 4.99 Å². The Balaban J connectivity index is 1.33. The molecule has 1 spiro atoms. The number of amides is 1. The predicted molar refractivity (Wildman–Crippen MR) is 126 cm³/mol. The number of amidine groups is 1. The largest absolute Gasteiger partial charge is 0.370 e. The lowest BCUT2D eigenvalue weighted by Crippen LogP contribution is -2.62. The van der Waals surface area contributed by atoms with Gasteiger partial charge in [0.15, 0.2) is 5.69 Å². The van der Waals surface area contributed by atoms with Crippen molar-refractivity contribution >= 4 is 23.1 Å². The number of H-pyrrole nitrogens is 1. The number of carbonyl (C=O) groups excluding carboxylic acids is 1. The molecule has 0 unspecified atom stereocenters. The second kappa shape index (κ2) is 7.94. The second-order valence-corrected chi connectivity index (χ2v) is 9.86. The van der Waals surface area contributed by atoms with Gasteiger partial charge in [0.25, 0.3) is 5.91 Å². The molecule has 2 aliphatic heterocycles. The number of carbonyl (C=O) groups is 1. The molecule has 0 radical (unpaired) electrons. The van der Waals surface area contributed by atoms with Gasteiger partial charge in [-0.25, -0.2) is 0 Å². The van der Waals surface area contributed by atoms with Crippen LogP contribution in [0.25, 0.3) is 0 Å². The molecule has 3 N–H and O–H groups in total. The lowest BCUT2D eigenvalue weighted by atomic mass is 9.84. The molecular formula is C25H32N6O. The molecule has 6 rings (SSSR count). The van der Waals surface area contributed by atoms with Gasteiger partial charge < -0.3 is 15.5 Å². The third-order valence-corrected chi connectivity index (χ3v) is 7.68. The number of hydrogen-bond acceptors (Lipinski definition) is 4. The van der Waals surface area contributed by atoms with E-state index in [4.69, 9.17) is 4.99 Å². The Hall–Kier alpha value is -2.83. The summed E-state index contributed by atoms with van der Waals surface area (Å²) in [6.45, 7) is 1.38. The van der Waals surface area contributed by atoms with Crippen molar-refractivity contribution in [3.05, 3.63) is 41.2 Å². The number of anilines is 2. The van der Waals surface area contributed by atoms with Crippen molar-refractivity contribution in [2.75, 3.05) is 23.7 Å². The molecule has 168 valence electrons. The van der Waals surface area contributed by atoms with E-state index in [-0.39, 0.29) is 11.4 Å². The summed E-state index contributed by atoms with van der Waals surface area (Å²) in [5.41, 5.74) is 4.71. The molecule has 2 aromatic rings. The van der Waals surface area contributed by atoms with Crippen LogP contribution in [0.15, 0.2) is 29.3 Å². The van der Waals surface area contributed by atoms with E-state index in [0.29, 0.717) is 18.3 Å². The van der Waals surface area contributed by atoms with Crippen molar-refractivity contribution in [2.45, 2.75) is 75.8 Å². The number of fused-ring (bicyclic) bond motifs is 2. The zero-order chi connectivity index (χ0) is 21.5. The molecule has 2 aliphatic carbocycles. The van der Waals surface area contributed by atoms with Crippen molar-refractivity contribution < 1.29 is 4.79 Å². The van der Waals surface area contributed by atoms with Gasteiger partial charge in [-0.05, 0) is 63.5 Å². The van der Waals surface area contributed by atoms with Crippen LogP contribution in [0.2, 0.25) is 0 Å². The maximum Gasteiger partial charge on any atom is 0.274 e. The molecule has 1 aromatic heterocycles. The van der Waals surface area contributed by atoms with E-state index >= 15 is 0 Å². The lowest BCUT2D eigenvalue weighted by Gasteiger charge is -2.47. The maximum atomic E-state index is 13.6. The summed E-state index contributed by atoms with van der Waals surface area (Å²) in [6.07, 6.45) is 11.0. The van der Waals surface area contributed by atoms with Crippen LogP contribution in [0.5, 0.6) is 0 Å². The SMILES string of the molecule is O=C(c1n[nH]c2c1CCCC2)N1CCC[C@@]2(C1)Nc1ccccc1NC2=NC1CCCC1. The van der Waals surface area contributed by atoms with Gasteiger partial charge in [-0.15, -0.1) is 0 Å². The predicted octanol–water partition coefficient (Wildman–Crippen LogP) is 4.14. The number of benzene rings is 1. The van der Waals surface area contributed by atoms with Gasteiger partial charge in [0.1, 0.15) is 11.4 Å². The van der Waals surface area contributed by atoms with Gasteiger partial charge in [0.2, 0.25) is 0 Å². The molecular weight excluding hydrogens is 400 g/mol. The fraction of sp³-hybridized carbons (Fsp3) is 0.560. The molecule has 1 saturated carbocycles. The minimum absolute atomic E-state index is 0.0596. The Morgan fingerprint density at radius 3 is 2.75 bits per heavy atom. The van der Waals surface area contributed by atoms with E-state index < -0.39 is 0 Å². The molecule has 7 nitrogen and oxygen atoms in total. The minimum Gasteiger partial charge on any atom is -0.370 e. The first-order valence-corrected chi connectivity index (χ1v) is 12.3. The zero-order valence-corrected chi connectivity index (χ0v) is 18.6. The fourth-order valence-electron chi connectivity index (χ4n) is 5.97. The summed E-state index contributed by atoms with van der Waals surface area (Å²) in [7, 11) is 0. The quantitative estimate of drug-likeness (QED) is 0.666. The number of aromatic amines is 1. The Kier molecular flexibility index (Phi) is 4.92. The monoisotopic (exact) mass is 432 g/mol. The third-order valence-electron chi connectivity index (χ3n) is 7.68. The summed E-state index contributed by atoms with van der Waals surface area (Å²) >= 11 is 0. The van der Waals surface area contributed by atoms with Crippen LogP contribution in [-0.2, 0) is 12.8 Å². The summed E-state index contributed by atoms with van der Waals surface area (Å²) in [5.74, 6) is 1.06. The zero-order valence-electron chi connectivity index (χ0n) is 18.6. The standard InChI is InChI=1S/C25H32N6O/c32-23(22-18-10-3-4-11-19(18)29-30-22)31-15-7-14-25(16-31)24(26-17-8-1-2-9-17)27-20-12-5-6-13-21(20)28-25/h5-6,12-13,17,28H,1-4,7-11,14-16H2,(H,26,27)(H,29,30)/t25-/m0/s1. The van der Waals surface area contributed by atoms with Crippen molar-refractivity contribution in [1.82, 2.24) is 15.1 Å². The molecule has 1 atom stereocenters. The number of para-hydroxylation sites is 2. The first-order valence-electron chi connectivity index (χ1n) is 12.3. The van der Waals surface area contributed by atoms with Gasteiger partial charge in [0.05, 0.1) is 24.0 Å². The summed E-state index contributed by atoms with van der Waals surface area (Å²) < 4.78 is 0. The highest BCUT2D eigenvalue weighted by molar-refractivity contribution is 6.10. The minimum atomic E-state index is -0.374. The molecule has 1 saturated heterocycles. The van der Waals surface area contributed by atoms with E-state index in [2.05, 4.69) is 45.1 Å². The van der Waals surface area contributed by atoms with E-state index in [9.17, 15) is 4.79 Å². The van der Waals surface area contributed by atoms with E-state index in [1.165, 1.54) is 19.3 Å². The van der Waals surface area contributed by atoms with Gasteiger partial charge >= 0.3 is 0 Å². The molecule has 3 heterocycles. The first kappa shape index (κ1) is 19.8. The van der Waals surface area contributed by atoms with Crippen LogP contribution in [0.4, 0.5) is 11.4 Å². The van der Waals surface area contributed by atoms with Crippen LogP contribution in [0.3, 0.4) is 0 Å². The topological polar surface area (TPSA) is 85.4 Å². The van der Waals surface area contributed by atoms with E-state index in [0.717, 1.165) is 80.0 Å². The number of piperidine rings is 1. The highest BCUT2D eigenvalue weighted by atomic mass is 16.2. The van der Waals surface area contributed by atoms with Crippen LogP contribution < -0.4 is 10.6 Å². The van der Waals surface area contributed by atoms with Gasteiger partial charge in [0, 0.05) is 17.8 Å². The molecule has 0 bridgehead atoms. The normalized spacial score (nSPS) is 26.5. The smallest absolute Gasteiger partial charge is 0.274 e. The Bertz CT molecular complexity index is 1050. The molecule has 2 fully saturated rings. The Morgan fingerprint density at radius 2 is 1.88 bits per heavy atom. The third kappa shape index (κ3) is 3.38. The summed E-state index contributed by atoms with van der Waals surface area (Å²) in [5, 5.41) is 15.1. The molecule has 1 aromatic carbocycles. The number of aliphatic imine (C=N–C) groups is 1. The Labute approximate surface area is 189 Å². The summed E-state index contributed by atoms with van der Waals surface area (Å²) in [6, 6.07) is 8.70. The number of rotatable bonds is 2. The Morgan fingerprint density at radius 1 is 1.06 bits per heavy atom. The van der Waals surface area contributed by atoms with E-state index in [1.54, 1.807) is 0 Å². The average molecular weight is 433 g/mol. The highest BCUT2D eigenvalue weighted by Gasteiger charge is 2.45. The summed E-state index contributed by atoms with van der Waals surface area (Å²) in [4.78, 5) is 20.8. The second-order valence-electron chi connectivity index (χ2n) is 9.86. The number of likely N-dealkylation sites (tertiary alicyclic amines) is 1. The van der Waals surface area contributed by atoms with Crippen molar-refractivity contribution in [1.29, 1.82) is 0 Å². The molecule has 4 aliphatic rings. The fourth-order valence-corrected chi connectivity index (χ4v) is 5.97. The van der Waals surface area contributed by atoms with Crippen LogP contribution in [-0.4, -0.2) is 51.5 Å². The first-order chi connectivity index (χ1) is 15.7. The molecule has 1 amide bonds. The number of nitrogens with one attached hydrogen (secondary N) is 3. The lowest BCUT2D eigenvalue weighted by molar-refractivity contribution is 0.0687. The van der Waals surface area contributed by atoms with E-state index in [1.807, 2.05) is 4.90 Å². The number of nitrogens with zero attached hydrogens (tertiary/aromatic N) is 3. The van der Waals surface area contributed by atoms with Crippen LogP contribution >= 0.6 is 0 Å². The van der Waals surface area contributed by atoms with Crippen molar-refractivity contribution in [3.8, 4) is 0 Å².